The van der Waals surface area contributed by atoms with Gasteiger partial charge in [0.15, 0.2) is 6.79 Å². The van der Waals surface area contributed by atoms with Crippen molar-refractivity contribution < 1.29 is 14.2 Å². The van der Waals surface area contributed by atoms with Gasteiger partial charge in [-0.15, -0.1) is 0 Å². The van der Waals surface area contributed by atoms with Crippen LogP contribution in [-0.4, -0.2) is 20.4 Å². The summed E-state index contributed by atoms with van der Waals surface area (Å²) in [7, 11) is 1.60. The number of methoxy groups -OCH3 is 1. The summed E-state index contributed by atoms with van der Waals surface area (Å²) >= 11 is 0. The number of benzene rings is 2. The molecule has 0 spiro atoms. The molecule has 0 aliphatic carbocycles. The number of rotatable bonds is 8. The van der Waals surface area contributed by atoms with Gasteiger partial charge in [0.25, 0.3) is 0 Å². The standard InChI is InChI=1S/C17H21NO3/c1-19-13-21-17-11-16(8-7-15(17)9-10-18)20-12-14-5-3-2-4-6-14/h2-8,11H,9-10,12-13,18H2,1H3. The van der Waals surface area contributed by atoms with Crippen LogP contribution in [0.5, 0.6) is 11.5 Å². The highest BCUT2D eigenvalue weighted by atomic mass is 16.7. The van der Waals surface area contributed by atoms with Crippen molar-refractivity contribution in [3.05, 3.63) is 59.7 Å². The second kappa shape index (κ2) is 8.29. The molecule has 0 atom stereocenters. The van der Waals surface area contributed by atoms with Crippen LogP contribution in [-0.2, 0) is 17.8 Å². The van der Waals surface area contributed by atoms with Gasteiger partial charge in [0.2, 0.25) is 0 Å². The molecule has 0 unspecified atom stereocenters. The Labute approximate surface area is 125 Å². The van der Waals surface area contributed by atoms with Gasteiger partial charge in [-0.2, -0.15) is 0 Å². The molecule has 2 rings (SSSR count). The second-order valence-corrected chi connectivity index (χ2v) is 4.63. The van der Waals surface area contributed by atoms with Gasteiger partial charge in [0.1, 0.15) is 18.1 Å². The van der Waals surface area contributed by atoms with E-state index < -0.39 is 0 Å². The van der Waals surface area contributed by atoms with Crippen LogP contribution < -0.4 is 15.2 Å². The molecule has 2 aromatic carbocycles. The highest BCUT2D eigenvalue weighted by Gasteiger charge is 2.06. The van der Waals surface area contributed by atoms with Gasteiger partial charge in [-0.25, -0.2) is 0 Å². The lowest BCUT2D eigenvalue weighted by Crippen LogP contribution is -2.07. The lowest BCUT2D eigenvalue weighted by Gasteiger charge is -2.13. The van der Waals surface area contributed by atoms with Crippen LogP contribution in [0.3, 0.4) is 0 Å². The average Bonchev–Trinajstić information content (AvgIpc) is 2.53. The molecule has 21 heavy (non-hydrogen) atoms. The van der Waals surface area contributed by atoms with Crippen molar-refractivity contribution in [1.82, 2.24) is 0 Å². The predicted octanol–water partition coefficient (Wildman–Crippen LogP) is 2.75. The van der Waals surface area contributed by atoms with E-state index in [4.69, 9.17) is 19.9 Å². The number of nitrogens with two attached hydrogens (primary N) is 1. The fraction of sp³-hybridized carbons (Fsp3) is 0.294. The first-order valence-corrected chi connectivity index (χ1v) is 6.95. The van der Waals surface area contributed by atoms with Gasteiger partial charge in [-0.3, -0.25) is 0 Å². The summed E-state index contributed by atoms with van der Waals surface area (Å²) in [5.74, 6) is 1.53. The number of ether oxygens (including phenoxy) is 3. The zero-order valence-corrected chi connectivity index (χ0v) is 12.2. The van der Waals surface area contributed by atoms with Gasteiger partial charge in [-0.05, 0) is 30.2 Å². The number of hydrogen-bond donors (Lipinski definition) is 1. The van der Waals surface area contributed by atoms with Crippen LogP contribution in [0, 0.1) is 0 Å². The Morgan fingerprint density at radius 2 is 1.81 bits per heavy atom. The Morgan fingerprint density at radius 1 is 1.00 bits per heavy atom. The summed E-state index contributed by atoms with van der Waals surface area (Å²) in [5.41, 5.74) is 7.80. The second-order valence-electron chi connectivity index (χ2n) is 4.63. The highest BCUT2D eigenvalue weighted by molar-refractivity contribution is 5.41. The van der Waals surface area contributed by atoms with Gasteiger partial charge in [0, 0.05) is 13.2 Å². The van der Waals surface area contributed by atoms with E-state index in [1.807, 2.05) is 48.5 Å². The Kier molecular flexibility index (Phi) is 6.06. The van der Waals surface area contributed by atoms with Crippen LogP contribution in [0.15, 0.2) is 48.5 Å². The van der Waals surface area contributed by atoms with E-state index in [1.165, 1.54) is 0 Å². The lowest BCUT2D eigenvalue weighted by molar-refractivity contribution is 0.0502. The van der Waals surface area contributed by atoms with Gasteiger partial charge >= 0.3 is 0 Å². The third-order valence-corrected chi connectivity index (χ3v) is 3.03. The molecule has 0 aliphatic rings. The average molecular weight is 287 g/mol. The molecule has 0 saturated carbocycles. The van der Waals surface area contributed by atoms with Crippen molar-refractivity contribution in [3.8, 4) is 11.5 Å². The summed E-state index contributed by atoms with van der Waals surface area (Å²) in [4.78, 5) is 0. The molecule has 0 radical (unpaired) electrons. The van der Waals surface area contributed by atoms with E-state index in [9.17, 15) is 0 Å². The van der Waals surface area contributed by atoms with E-state index in [0.29, 0.717) is 13.2 Å². The van der Waals surface area contributed by atoms with E-state index in [1.54, 1.807) is 7.11 Å². The first-order valence-electron chi connectivity index (χ1n) is 6.95. The molecule has 2 aromatic rings. The van der Waals surface area contributed by atoms with E-state index in [-0.39, 0.29) is 6.79 Å². The fourth-order valence-electron chi connectivity index (χ4n) is 1.98. The molecule has 0 amide bonds. The van der Waals surface area contributed by atoms with Crippen molar-refractivity contribution in [2.75, 3.05) is 20.4 Å². The summed E-state index contributed by atoms with van der Waals surface area (Å²) in [6.45, 7) is 1.31. The van der Waals surface area contributed by atoms with Crippen molar-refractivity contribution in [3.63, 3.8) is 0 Å². The van der Waals surface area contributed by atoms with Crippen LogP contribution in [0.1, 0.15) is 11.1 Å². The van der Waals surface area contributed by atoms with E-state index >= 15 is 0 Å². The van der Waals surface area contributed by atoms with E-state index in [0.717, 1.165) is 29.0 Å². The van der Waals surface area contributed by atoms with Crippen LogP contribution in [0.4, 0.5) is 0 Å². The van der Waals surface area contributed by atoms with Crippen LogP contribution in [0.2, 0.25) is 0 Å². The molecule has 2 N–H and O–H groups in total. The molecule has 4 nitrogen and oxygen atoms in total. The maximum absolute atomic E-state index is 5.79. The molecule has 112 valence electrons. The highest BCUT2D eigenvalue weighted by Crippen LogP contribution is 2.26. The quantitative estimate of drug-likeness (QED) is 0.759. The SMILES string of the molecule is COCOc1cc(OCc2ccccc2)ccc1CCN. The Morgan fingerprint density at radius 3 is 2.52 bits per heavy atom. The fourth-order valence-corrected chi connectivity index (χ4v) is 1.98. The largest absolute Gasteiger partial charge is 0.489 e. The molecule has 0 aromatic heterocycles. The zero-order valence-electron chi connectivity index (χ0n) is 12.2. The lowest BCUT2D eigenvalue weighted by atomic mass is 10.1. The maximum Gasteiger partial charge on any atom is 0.188 e. The minimum absolute atomic E-state index is 0.208. The monoisotopic (exact) mass is 287 g/mol. The molecular formula is C17H21NO3. The topological polar surface area (TPSA) is 53.7 Å². The Bertz CT molecular complexity index is 543. The maximum atomic E-state index is 5.79. The van der Waals surface area contributed by atoms with Crippen molar-refractivity contribution in [2.24, 2.45) is 5.73 Å². The first-order chi connectivity index (χ1) is 10.3. The smallest absolute Gasteiger partial charge is 0.188 e. The van der Waals surface area contributed by atoms with Gasteiger partial charge < -0.3 is 19.9 Å². The van der Waals surface area contributed by atoms with Gasteiger partial charge in [-0.1, -0.05) is 36.4 Å². The zero-order chi connectivity index (χ0) is 14.9. The summed E-state index contributed by atoms with van der Waals surface area (Å²) in [6, 6.07) is 15.9. The third-order valence-electron chi connectivity index (χ3n) is 3.03. The van der Waals surface area contributed by atoms with Crippen LogP contribution in [0.25, 0.3) is 0 Å². The summed E-state index contributed by atoms with van der Waals surface area (Å²) in [6.07, 6.45) is 0.762. The molecule has 4 heteroatoms. The van der Waals surface area contributed by atoms with Crippen molar-refractivity contribution in [2.45, 2.75) is 13.0 Å². The van der Waals surface area contributed by atoms with E-state index in [2.05, 4.69) is 0 Å². The summed E-state index contributed by atoms with van der Waals surface area (Å²) < 4.78 is 16.3. The van der Waals surface area contributed by atoms with Crippen molar-refractivity contribution in [1.29, 1.82) is 0 Å². The van der Waals surface area contributed by atoms with Crippen LogP contribution >= 0.6 is 0 Å². The summed E-state index contributed by atoms with van der Waals surface area (Å²) in [5, 5.41) is 0. The normalized spacial score (nSPS) is 10.4. The Hall–Kier alpha value is -2.04. The Balaban J connectivity index is 2.05. The number of hydrogen-bond acceptors (Lipinski definition) is 4. The third kappa shape index (κ3) is 4.77. The molecular weight excluding hydrogens is 266 g/mol. The molecule has 0 aliphatic heterocycles. The minimum atomic E-state index is 0.208. The predicted molar refractivity (Wildman–Crippen MR) is 82.5 cm³/mol. The molecule has 0 heterocycles. The van der Waals surface area contributed by atoms with Gasteiger partial charge in [0.05, 0.1) is 0 Å². The molecule has 0 bridgehead atoms. The molecule has 0 fully saturated rings. The molecule has 0 saturated heterocycles. The van der Waals surface area contributed by atoms with Crippen molar-refractivity contribution >= 4 is 0 Å². The minimum Gasteiger partial charge on any atom is -0.489 e. The first kappa shape index (κ1) is 15.4.